The van der Waals surface area contributed by atoms with Gasteiger partial charge in [0.2, 0.25) is 0 Å². The zero-order chi connectivity index (χ0) is 24.1. The molecule has 1 N–H and O–H groups in total. The summed E-state index contributed by atoms with van der Waals surface area (Å²) in [6.07, 6.45) is 1.52. The molecule has 1 aromatic heterocycles. The molecule has 34 heavy (non-hydrogen) atoms. The van der Waals surface area contributed by atoms with Gasteiger partial charge in [-0.05, 0) is 29.8 Å². The number of hydrogen-bond donors (Lipinski definition) is 1. The van der Waals surface area contributed by atoms with Crippen molar-refractivity contribution in [1.82, 2.24) is 14.9 Å². The maximum Gasteiger partial charge on any atom is 0.343 e. The minimum Gasteiger partial charge on any atom is -0.465 e. The van der Waals surface area contributed by atoms with Crippen molar-refractivity contribution in [1.29, 1.82) is 0 Å². The van der Waals surface area contributed by atoms with Crippen LogP contribution in [-0.4, -0.2) is 54.2 Å². The molecule has 1 fully saturated rings. The number of morpholine rings is 1. The first-order valence-corrected chi connectivity index (χ1v) is 11.8. The van der Waals surface area contributed by atoms with Crippen molar-refractivity contribution in [3.8, 4) is 11.4 Å². The summed E-state index contributed by atoms with van der Waals surface area (Å²) >= 11 is 12.3. The van der Waals surface area contributed by atoms with E-state index >= 15 is 0 Å². The normalized spacial score (nSPS) is 16.3. The highest BCUT2D eigenvalue weighted by Crippen LogP contribution is 2.27. The molecule has 9 heteroatoms. The number of esters is 1. The molecular formula is C25H26Cl2N4O3. The number of anilines is 1. The minimum absolute atomic E-state index is 0.0479. The standard InChI is InChI=1S/C25H26Cl2N4O3/c1-3-31-10-11-34-22(15-31)16-4-6-17(7-5-16)23-29-14-20(25(32)33-2)24(30-23)28-13-18-8-9-19(26)12-21(18)27/h4-9,12,14,22H,3,10-11,13,15H2,1-2H3,(H,28,29,30). The maximum atomic E-state index is 12.3. The number of ether oxygens (including phenoxy) is 2. The molecule has 0 radical (unpaired) electrons. The summed E-state index contributed by atoms with van der Waals surface area (Å²) in [5.74, 6) is 0.325. The van der Waals surface area contributed by atoms with Crippen molar-refractivity contribution in [3.05, 3.63) is 75.4 Å². The van der Waals surface area contributed by atoms with Gasteiger partial charge in [-0.2, -0.15) is 0 Å². The third-order valence-corrected chi connectivity index (χ3v) is 6.38. The molecule has 4 rings (SSSR count). The van der Waals surface area contributed by atoms with Crippen LogP contribution in [0.4, 0.5) is 5.82 Å². The molecule has 1 atom stereocenters. The number of nitrogens with one attached hydrogen (secondary N) is 1. The first-order chi connectivity index (χ1) is 16.5. The average molecular weight is 501 g/mol. The number of hydrogen-bond acceptors (Lipinski definition) is 7. The van der Waals surface area contributed by atoms with Crippen LogP contribution in [0.15, 0.2) is 48.7 Å². The van der Waals surface area contributed by atoms with Crippen LogP contribution in [0.2, 0.25) is 10.0 Å². The number of benzene rings is 2. The van der Waals surface area contributed by atoms with Crippen LogP contribution in [0.3, 0.4) is 0 Å². The average Bonchev–Trinajstić information content (AvgIpc) is 2.87. The Bertz CT molecular complexity index is 1160. The van der Waals surface area contributed by atoms with Crippen LogP contribution in [-0.2, 0) is 16.0 Å². The predicted octanol–water partition coefficient (Wildman–Crippen LogP) is 5.24. The van der Waals surface area contributed by atoms with E-state index in [9.17, 15) is 4.79 Å². The number of likely N-dealkylation sites (N-methyl/N-ethyl adjacent to an activating group) is 1. The second kappa shape index (κ2) is 11.1. The monoisotopic (exact) mass is 500 g/mol. The zero-order valence-corrected chi connectivity index (χ0v) is 20.6. The van der Waals surface area contributed by atoms with Gasteiger partial charge in [0.05, 0.1) is 19.8 Å². The van der Waals surface area contributed by atoms with Crippen molar-refractivity contribution in [3.63, 3.8) is 0 Å². The Morgan fingerprint density at radius 3 is 2.74 bits per heavy atom. The smallest absolute Gasteiger partial charge is 0.343 e. The molecule has 1 aliphatic heterocycles. The predicted molar refractivity (Wildman–Crippen MR) is 133 cm³/mol. The second-order valence-corrected chi connectivity index (χ2v) is 8.76. The van der Waals surface area contributed by atoms with E-state index in [2.05, 4.69) is 27.1 Å². The van der Waals surface area contributed by atoms with Gasteiger partial charge in [-0.15, -0.1) is 0 Å². The van der Waals surface area contributed by atoms with Crippen molar-refractivity contribution in [2.24, 2.45) is 0 Å². The number of halogens is 2. The molecule has 0 aliphatic carbocycles. The summed E-state index contributed by atoms with van der Waals surface area (Å²) in [6, 6.07) is 13.3. The number of rotatable bonds is 7. The molecule has 1 aliphatic rings. The lowest BCUT2D eigenvalue weighted by Crippen LogP contribution is -2.38. The lowest BCUT2D eigenvalue weighted by molar-refractivity contribution is -0.0281. The molecule has 2 aromatic carbocycles. The second-order valence-electron chi connectivity index (χ2n) is 7.91. The van der Waals surface area contributed by atoms with Gasteiger partial charge in [-0.25, -0.2) is 14.8 Å². The molecule has 3 aromatic rings. The molecule has 2 heterocycles. The Hall–Kier alpha value is -2.71. The van der Waals surface area contributed by atoms with Crippen LogP contribution in [0.1, 0.15) is 34.5 Å². The molecular weight excluding hydrogens is 475 g/mol. The molecule has 1 unspecified atom stereocenters. The third-order valence-electron chi connectivity index (χ3n) is 5.79. The first-order valence-electron chi connectivity index (χ1n) is 11.1. The van der Waals surface area contributed by atoms with E-state index in [0.29, 0.717) is 28.2 Å². The first kappa shape index (κ1) is 24.4. The van der Waals surface area contributed by atoms with Crippen molar-refractivity contribution < 1.29 is 14.3 Å². The topological polar surface area (TPSA) is 76.6 Å². The lowest BCUT2D eigenvalue weighted by Gasteiger charge is -2.32. The van der Waals surface area contributed by atoms with E-state index in [1.54, 1.807) is 12.1 Å². The van der Waals surface area contributed by atoms with Crippen LogP contribution >= 0.6 is 23.2 Å². The fraction of sp³-hybridized carbons (Fsp3) is 0.320. The molecule has 178 valence electrons. The Morgan fingerprint density at radius 2 is 2.03 bits per heavy atom. The van der Waals surface area contributed by atoms with E-state index in [1.165, 1.54) is 13.3 Å². The van der Waals surface area contributed by atoms with Gasteiger partial charge >= 0.3 is 5.97 Å². The van der Waals surface area contributed by atoms with Gasteiger partial charge < -0.3 is 14.8 Å². The summed E-state index contributed by atoms with van der Waals surface area (Å²) in [5.41, 5.74) is 3.00. The van der Waals surface area contributed by atoms with Crippen molar-refractivity contribution in [2.45, 2.75) is 19.6 Å². The molecule has 7 nitrogen and oxygen atoms in total. The summed E-state index contributed by atoms with van der Waals surface area (Å²) in [7, 11) is 1.32. The quantitative estimate of drug-likeness (QED) is 0.444. The Morgan fingerprint density at radius 1 is 1.24 bits per heavy atom. The SMILES string of the molecule is CCN1CCOC(c2ccc(-c3ncc(C(=O)OC)c(NCc4ccc(Cl)cc4Cl)n3)cc2)C1. The highest BCUT2D eigenvalue weighted by molar-refractivity contribution is 6.35. The maximum absolute atomic E-state index is 12.3. The Labute approximate surface area is 209 Å². The van der Waals surface area contributed by atoms with Crippen molar-refractivity contribution >= 4 is 35.0 Å². The van der Waals surface area contributed by atoms with Crippen LogP contribution in [0, 0.1) is 0 Å². The summed E-state index contributed by atoms with van der Waals surface area (Å²) < 4.78 is 10.8. The van der Waals surface area contributed by atoms with E-state index in [4.69, 9.17) is 32.7 Å². The van der Waals surface area contributed by atoms with Gasteiger partial charge in [0, 0.05) is 41.4 Å². The van der Waals surface area contributed by atoms with Crippen LogP contribution < -0.4 is 5.32 Å². The van der Waals surface area contributed by atoms with Gasteiger partial charge in [-0.1, -0.05) is 60.5 Å². The summed E-state index contributed by atoms with van der Waals surface area (Å²) in [4.78, 5) is 23.7. The van der Waals surface area contributed by atoms with Crippen molar-refractivity contribution in [2.75, 3.05) is 38.7 Å². The van der Waals surface area contributed by atoms with E-state index < -0.39 is 5.97 Å². The van der Waals surface area contributed by atoms with Gasteiger partial charge in [0.15, 0.2) is 5.82 Å². The molecule has 1 saturated heterocycles. The summed E-state index contributed by atoms with van der Waals surface area (Å²) in [6.45, 7) is 6.08. The minimum atomic E-state index is -0.526. The lowest BCUT2D eigenvalue weighted by atomic mass is 10.0. The fourth-order valence-corrected chi connectivity index (χ4v) is 4.27. The highest BCUT2D eigenvalue weighted by atomic mass is 35.5. The van der Waals surface area contributed by atoms with E-state index in [1.807, 2.05) is 30.3 Å². The van der Waals surface area contributed by atoms with E-state index in [-0.39, 0.29) is 11.7 Å². The summed E-state index contributed by atoms with van der Waals surface area (Å²) in [5, 5.41) is 4.26. The van der Waals surface area contributed by atoms with Crippen LogP contribution in [0.25, 0.3) is 11.4 Å². The van der Waals surface area contributed by atoms with E-state index in [0.717, 1.165) is 42.9 Å². The number of nitrogens with zero attached hydrogens (tertiary/aromatic N) is 3. The number of methoxy groups -OCH3 is 1. The molecule has 0 saturated carbocycles. The number of carbonyl (C=O) groups is 1. The zero-order valence-electron chi connectivity index (χ0n) is 19.1. The molecule has 0 bridgehead atoms. The van der Waals surface area contributed by atoms with Gasteiger partial charge in [0.25, 0.3) is 0 Å². The fourth-order valence-electron chi connectivity index (χ4n) is 3.80. The largest absolute Gasteiger partial charge is 0.465 e. The van der Waals surface area contributed by atoms with Gasteiger partial charge in [0.1, 0.15) is 11.4 Å². The van der Waals surface area contributed by atoms with Crippen LogP contribution in [0.5, 0.6) is 0 Å². The Balaban J connectivity index is 1.56. The molecule has 0 spiro atoms. The van der Waals surface area contributed by atoms with Gasteiger partial charge in [-0.3, -0.25) is 4.90 Å². The number of aromatic nitrogens is 2. The highest BCUT2D eigenvalue weighted by Gasteiger charge is 2.21. The Kier molecular flexibility index (Phi) is 8.00. The third kappa shape index (κ3) is 5.67. The molecule has 0 amide bonds. The number of carbonyl (C=O) groups excluding carboxylic acids is 1.